The Morgan fingerprint density at radius 3 is 2.40 bits per heavy atom. The predicted octanol–water partition coefficient (Wildman–Crippen LogP) is 4.70. The fraction of sp³-hybridized carbons (Fsp3) is 0.217. The summed E-state index contributed by atoms with van der Waals surface area (Å²) in [7, 11) is -3.42. The quantitative estimate of drug-likeness (QED) is 0.525. The molecule has 1 aliphatic rings. The van der Waals surface area contributed by atoms with Crippen molar-refractivity contribution >= 4 is 21.8 Å². The molecule has 0 saturated carbocycles. The van der Waals surface area contributed by atoms with Crippen molar-refractivity contribution in [3.63, 3.8) is 0 Å². The summed E-state index contributed by atoms with van der Waals surface area (Å²) in [5.74, 6) is 0.728. The van der Waals surface area contributed by atoms with E-state index in [4.69, 9.17) is 0 Å². The maximum absolute atomic E-state index is 12.6. The molecule has 30 heavy (non-hydrogen) atoms. The van der Waals surface area contributed by atoms with Gasteiger partial charge >= 0.3 is 0 Å². The first-order chi connectivity index (χ1) is 14.6. The van der Waals surface area contributed by atoms with E-state index in [1.807, 2.05) is 48.5 Å². The Kier molecular flexibility index (Phi) is 6.18. The summed E-state index contributed by atoms with van der Waals surface area (Å²) >= 11 is 1.56. The molecule has 1 aromatic heterocycles. The topological polar surface area (TPSA) is 74.1 Å². The number of hydrogen-bond acceptors (Lipinski definition) is 5. The minimum Gasteiger partial charge on any atom is -0.249 e. The zero-order valence-corrected chi connectivity index (χ0v) is 18.0. The largest absolute Gasteiger partial charge is 0.249 e. The molecule has 5 nitrogen and oxygen atoms in total. The molecule has 0 atom stereocenters. The Balaban J connectivity index is 1.41. The Morgan fingerprint density at radius 1 is 1.00 bits per heavy atom. The lowest BCUT2D eigenvalue weighted by atomic mass is 10.00. The van der Waals surface area contributed by atoms with E-state index in [1.54, 1.807) is 23.9 Å². The van der Waals surface area contributed by atoms with Crippen LogP contribution in [0.25, 0.3) is 11.1 Å². The molecular weight excluding hydrogens is 414 g/mol. The molecule has 1 fully saturated rings. The number of sulfonamides is 1. The van der Waals surface area contributed by atoms with Crippen molar-refractivity contribution in [3.05, 3.63) is 78.0 Å². The molecule has 1 saturated heterocycles. The molecule has 0 aliphatic carbocycles. The number of pyridine rings is 1. The number of aromatic nitrogens is 1. The van der Waals surface area contributed by atoms with Crippen molar-refractivity contribution in [1.29, 1.82) is 5.26 Å². The third-order valence-corrected chi connectivity index (χ3v) is 8.01. The van der Waals surface area contributed by atoms with Crippen LogP contribution in [0.15, 0.2) is 76.8 Å². The lowest BCUT2D eigenvalue weighted by molar-refractivity contribution is 0.477. The van der Waals surface area contributed by atoms with Crippen molar-refractivity contribution in [3.8, 4) is 17.2 Å². The van der Waals surface area contributed by atoms with Crippen LogP contribution in [0.2, 0.25) is 0 Å². The highest BCUT2D eigenvalue weighted by Crippen LogP contribution is 2.27. The van der Waals surface area contributed by atoms with Gasteiger partial charge in [-0.15, -0.1) is 11.8 Å². The van der Waals surface area contributed by atoms with Crippen LogP contribution in [0.4, 0.5) is 0 Å². The second-order valence-electron chi connectivity index (χ2n) is 7.09. The van der Waals surface area contributed by atoms with Crippen LogP contribution in [0.5, 0.6) is 0 Å². The van der Waals surface area contributed by atoms with Crippen LogP contribution in [0.3, 0.4) is 0 Å². The van der Waals surface area contributed by atoms with Gasteiger partial charge < -0.3 is 0 Å². The highest BCUT2D eigenvalue weighted by molar-refractivity contribution is 7.98. The van der Waals surface area contributed by atoms with Crippen LogP contribution in [0.1, 0.15) is 24.0 Å². The van der Waals surface area contributed by atoms with Gasteiger partial charge in [0, 0.05) is 25.0 Å². The minimum atomic E-state index is -3.42. The van der Waals surface area contributed by atoms with Gasteiger partial charge in [-0.1, -0.05) is 42.5 Å². The maximum atomic E-state index is 12.6. The summed E-state index contributed by atoms with van der Waals surface area (Å²) in [4.78, 5) is 4.60. The van der Waals surface area contributed by atoms with Crippen LogP contribution in [0, 0.1) is 11.3 Å². The van der Waals surface area contributed by atoms with E-state index in [1.165, 1.54) is 10.5 Å². The average molecular weight is 436 g/mol. The van der Waals surface area contributed by atoms with E-state index in [-0.39, 0.29) is 4.90 Å². The van der Waals surface area contributed by atoms with E-state index >= 15 is 0 Å². The van der Waals surface area contributed by atoms with Crippen LogP contribution < -0.4 is 0 Å². The zero-order valence-electron chi connectivity index (χ0n) is 16.4. The number of nitriles is 1. The molecule has 2 aromatic carbocycles. The van der Waals surface area contributed by atoms with Gasteiger partial charge in [-0.2, -0.15) is 9.57 Å². The van der Waals surface area contributed by atoms with Crippen molar-refractivity contribution < 1.29 is 8.42 Å². The molecule has 2 heterocycles. The summed E-state index contributed by atoms with van der Waals surface area (Å²) in [5.41, 5.74) is 3.73. The van der Waals surface area contributed by atoms with E-state index in [2.05, 4.69) is 11.1 Å². The molecule has 1 aliphatic heterocycles. The lowest BCUT2D eigenvalue weighted by Crippen LogP contribution is -2.27. The van der Waals surface area contributed by atoms with Gasteiger partial charge in [-0.05, 0) is 47.7 Å². The second kappa shape index (κ2) is 9.00. The standard InChI is InChI=1S/C23H21N3O2S2/c24-15-20-5-1-2-6-22(20)19-9-7-18(8-10-19)17-29-23-12-11-21(16-25-23)30(27,28)26-13-3-4-14-26/h1-2,5-12,16H,3-4,13-14,17H2. The van der Waals surface area contributed by atoms with E-state index < -0.39 is 10.0 Å². The normalized spacial score (nSPS) is 14.5. The number of benzene rings is 2. The van der Waals surface area contributed by atoms with Crippen molar-refractivity contribution in [2.45, 2.75) is 28.5 Å². The minimum absolute atomic E-state index is 0.259. The van der Waals surface area contributed by atoms with Gasteiger partial charge in [0.15, 0.2) is 0 Å². The van der Waals surface area contributed by atoms with Crippen molar-refractivity contribution in [2.24, 2.45) is 0 Å². The summed E-state index contributed by atoms with van der Waals surface area (Å²) < 4.78 is 26.7. The molecule has 0 amide bonds. The van der Waals surface area contributed by atoms with Gasteiger partial charge in [0.1, 0.15) is 4.90 Å². The monoisotopic (exact) mass is 435 g/mol. The number of hydrogen-bond donors (Lipinski definition) is 0. The molecule has 0 spiro atoms. The molecule has 0 unspecified atom stereocenters. The van der Waals surface area contributed by atoms with Gasteiger partial charge in [0.2, 0.25) is 10.0 Å². The first kappa shape index (κ1) is 20.6. The fourth-order valence-corrected chi connectivity index (χ4v) is 5.71. The van der Waals surface area contributed by atoms with E-state index in [9.17, 15) is 13.7 Å². The molecule has 3 aromatic rings. The molecule has 152 valence electrons. The van der Waals surface area contributed by atoms with Gasteiger partial charge in [-0.25, -0.2) is 13.4 Å². The SMILES string of the molecule is N#Cc1ccccc1-c1ccc(CSc2ccc(S(=O)(=O)N3CCCC3)cn2)cc1. The maximum Gasteiger partial charge on any atom is 0.244 e. The highest BCUT2D eigenvalue weighted by atomic mass is 32.2. The average Bonchev–Trinajstić information content (AvgIpc) is 3.34. The van der Waals surface area contributed by atoms with Crippen LogP contribution in [-0.4, -0.2) is 30.8 Å². The first-order valence-corrected chi connectivity index (χ1v) is 12.2. The zero-order chi connectivity index (χ0) is 21.0. The molecule has 0 bridgehead atoms. The fourth-order valence-electron chi connectivity index (χ4n) is 3.45. The molecule has 0 N–H and O–H groups in total. The van der Waals surface area contributed by atoms with E-state index in [0.717, 1.165) is 40.3 Å². The van der Waals surface area contributed by atoms with Gasteiger partial charge in [0.05, 0.1) is 16.7 Å². The van der Waals surface area contributed by atoms with Crippen molar-refractivity contribution in [1.82, 2.24) is 9.29 Å². The molecule has 7 heteroatoms. The lowest BCUT2D eigenvalue weighted by Gasteiger charge is -2.15. The summed E-state index contributed by atoms with van der Waals surface area (Å²) in [6, 6.07) is 21.3. The Labute approximate surface area is 181 Å². The van der Waals surface area contributed by atoms with Crippen molar-refractivity contribution in [2.75, 3.05) is 13.1 Å². The number of nitrogens with zero attached hydrogens (tertiary/aromatic N) is 3. The summed E-state index contributed by atoms with van der Waals surface area (Å²) in [6.45, 7) is 1.18. The predicted molar refractivity (Wildman–Crippen MR) is 118 cm³/mol. The van der Waals surface area contributed by atoms with Crippen LogP contribution >= 0.6 is 11.8 Å². The number of rotatable bonds is 6. The summed E-state index contributed by atoms with van der Waals surface area (Å²) in [5, 5.41) is 10.1. The molecule has 4 rings (SSSR count). The first-order valence-electron chi connectivity index (χ1n) is 9.75. The molecular formula is C23H21N3O2S2. The van der Waals surface area contributed by atoms with Gasteiger partial charge in [-0.3, -0.25) is 0 Å². The molecule has 0 radical (unpaired) electrons. The Hall–Kier alpha value is -2.66. The van der Waals surface area contributed by atoms with Gasteiger partial charge in [0.25, 0.3) is 0 Å². The Bertz CT molecular complexity index is 1160. The number of thioether (sulfide) groups is 1. The summed E-state index contributed by atoms with van der Waals surface area (Å²) in [6.07, 6.45) is 3.29. The third kappa shape index (κ3) is 4.41. The smallest absolute Gasteiger partial charge is 0.244 e. The second-order valence-corrected chi connectivity index (χ2v) is 10.0. The Morgan fingerprint density at radius 2 is 1.73 bits per heavy atom. The third-order valence-electron chi connectivity index (χ3n) is 5.11. The van der Waals surface area contributed by atoms with E-state index in [0.29, 0.717) is 18.7 Å². The van der Waals surface area contributed by atoms with Crippen LogP contribution in [-0.2, 0) is 15.8 Å². The highest BCUT2D eigenvalue weighted by Gasteiger charge is 2.27.